The van der Waals surface area contributed by atoms with Gasteiger partial charge < -0.3 is 5.11 Å². The molecule has 2 rings (SSSR count). The van der Waals surface area contributed by atoms with Crippen LogP contribution in [0.5, 0.6) is 5.75 Å². The number of rotatable bonds is 0. The first-order valence-corrected chi connectivity index (χ1v) is 4.96. The zero-order chi connectivity index (χ0) is 10.3. The van der Waals surface area contributed by atoms with Gasteiger partial charge in [0.15, 0.2) is 5.75 Å². The molecule has 1 aromatic rings. The third-order valence-electron chi connectivity index (χ3n) is 3.08. The molecule has 1 aromatic carbocycles. The van der Waals surface area contributed by atoms with E-state index >= 15 is 0 Å². The van der Waals surface area contributed by atoms with E-state index < -0.39 is 0 Å². The first-order valence-electron chi connectivity index (χ1n) is 4.96. The summed E-state index contributed by atoms with van der Waals surface area (Å²) in [6.45, 7) is 4.08. The summed E-state index contributed by atoms with van der Waals surface area (Å²) in [5.74, 6) is 0.337. The van der Waals surface area contributed by atoms with E-state index in [2.05, 4.69) is 6.92 Å². The monoisotopic (exact) mass is 190 g/mol. The van der Waals surface area contributed by atoms with Crippen LogP contribution in [0.2, 0.25) is 0 Å². The smallest absolute Gasteiger partial charge is 0.220 e. The molecule has 1 aliphatic carbocycles. The van der Waals surface area contributed by atoms with Gasteiger partial charge in [-0.15, -0.1) is 0 Å². The van der Waals surface area contributed by atoms with Gasteiger partial charge in [-0.1, -0.05) is 6.92 Å². The fourth-order valence-electron chi connectivity index (χ4n) is 2.19. The van der Waals surface area contributed by atoms with Crippen molar-refractivity contribution in [2.75, 3.05) is 0 Å². The minimum absolute atomic E-state index is 0.122. The number of hydrogen-bond acceptors (Lipinski definition) is 2. The van der Waals surface area contributed by atoms with Gasteiger partial charge >= 0.3 is 0 Å². The molecule has 2 nitrogen and oxygen atoms in total. The Morgan fingerprint density at radius 2 is 2.14 bits per heavy atom. The van der Waals surface area contributed by atoms with Crippen LogP contribution < -0.4 is 5.43 Å². The van der Waals surface area contributed by atoms with Crippen molar-refractivity contribution in [1.82, 2.24) is 0 Å². The maximum Gasteiger partial charge on any atom is 0.220 e. The highest BCUT2D eigenvalue weighted by molar-refractivity contribution is 5.42. The standard InChI is InChI=1S/C12H14O2/c1-7-3-4-9-8(2)5-11(13)12(14)6-10(7)9/h5-7H,3-4H2,1-2H3,(H,13,14). The van der Waals surface area contributed by atoms with Gasteiger partial charge in [0.05, 0.1) is 0 Å². The first kappa shape index (κ1) is 9.25. The average Bonchev–Trinajstić information content (AvgIpc) is 2.43. The second-order valence-electron chi connectivity index (χ2n) is 4.09. The predicted molar refractivity (Wildman–Crippen MR) is 55.8 cm³/mol. The second-order valence-corrected chi connectivity index (χ2v) is 4.09. The maximum atomic E-state index is 11.3. The summed E-state index contributed by atoms with van der Waals surface area (Å²) in [4.78, 5) is 11.3. The Kier molecular flexibility index (Phi) is 2.06. The first-order chi connectivity index (χ1) is 6.59. The molecule has 1 unspecified atom stereocenters. The number of fused-ring (bicyclic) bond motifs is 1. The lowest BCUT2D eigenvalue weighted by Gasteiger charge is -2.00. The molecule has 0 radical (unpaired) electrons. The fraction of sp³-hybridized carbons (Fsp3) is 0.417. The number of aromatic hydroxyl groups is 1. The normalized spacial score (nSPS) is 19.4. The molecule has 74 valence electrons. The molecule has 1 aliphatic rings. The van der Waals surface area contributed by atoms with E-state index in [0.717, 1.165) is 24.0 Å². The van der Waals surface area contributed by atoms with Crippen LogP contribution in [-0.4, -0.2) is 5.11 Å². The summed E-state index contributed by atoms with van der Waals surface area (Å²) < 4.78 is 0. The summed E-state index contributed by atoms with van der Waals surface area (Å²) in [6.07, 6.45) is 2.14. The lowest BCUT2D eigenvalue weighted by molar-refractivity contribution is 0.470. The molecule has 1 N–H and O–H groups in total. The van der Waals surface area contributed by atoms with Crippen LogP contribution in [-0.2, 0) is 6.42 Å². The molecule has 2 heteroatoms. The van der Waals surface area contributed by atoms with E-state index in [4.69, 9.17) is 0 Å². The number of aryl methyl sites for hydroxylation is 1. The highest BCUT2D eigenvalue weighted by Gasteiger charge is 2.20. The molecule has 0 fully saturated rings. The summed E-state index contributed by atoms with van der Waals surface area (Å²) >= 11 is 0. The largest absolute Gasteiger partial charge is 0.504 e. The fourth-order valence-corrected chi connectivity index (χ4v) is 2.19. The molecule has 0 aromatic heterocycles. The Morgan fingerprint density at radius 3 is 2.86 bits per heavy atom. The van der Waals surface area contributed by atoms with Crippen LogP contribution in [0.1, 0.15) is 36.0 Å². The minimum atomic E-state index is -0.274. The van der Waals surface area contributed by atoms with Crippen molar-refractivity contribution >= 4 is 0 Å². The van der Waals surface area contributed by atoms with Gasteiger partial charge in [0.25, 0.3) is 0 Å². The number of hydrogen-bond donors (Lipinski definition) is 1. The zero-order valence-corrected chi connectivity index (χ0v) is 8.50. The van der Waals surface area contributed by atoms with Gasteiger partial charge in [-0.3, -0.25) is 4.79 Å². The van der Waals surface area contributed by atoms with Crippen LogP contribution in [0.15, 0.2) is 16.9 Å². The SMILES string of the molecule is Cc1cc(=O)c(O)cc2c1CCC2C. The lowest BCUT2D eigenvalue weighted by Crippen LogP contribution is -1.94. The second kappa shape index (κ2) is 3.12. The van der Waals surface area contributed by atoms with Crippen molar-refractivity contribution in [3.05, 3.63) is 39.0 Å². The van der Waals surface area contributed by atoms with Crippen molar-refractivity contribution in [2.45, 2.75) is 32.6 Å². The summed E-state index contributed by atoms with van der Waals surface area (Å²) in [6, 6.07) is 3.18. The van der Waals surface area contributed by atoms with Crippen molar-refractivity contribution in [3.63, 3.8) is 0 Å². The van der Waals surface area contributed by atoms with Crippen molar-refractivity contribution in [2.24, 2.45) is 0 Å². The van der Waals surface area contributed by atoms with Gasteiger partial charge in [-0.2, -0.15) is 0 Å². The highest BCUT2D eigenvalue weighted by Crippen LogP contribution is 2.34. The van der Waals surface area contributed by atoms with Crippen molar-refractivity contribution in [3.8, 4) is 5.75 Å². The Hall–Kier alpha value is -1.31. The Morgan fingerprint density at radius 1 is 1.43 bits per heavy atom. The average molecular weight is 190 g/mol. The maximum absolute atomic E-state index is 11.3. The summed E-state index contributed by atoms with van der Waals surface area (Å²) in [5.41, 5.74) is 3.12. The Labute approximate surface area is 83.2 Å². The summed E-state index contributed by atoms with van der Waals surface area (Å²) in [7, 11) is 0. The molecular formula is C12H14O2. The van der Waals surface area contributed by atoms with E-state index in [1.807, 2.05) is 6.92 Å². The Balaban J connectivity index is 2.79. The van der Waals surface area contributed by atoms with Gasteiger partial charge in [0.2, 0.25) is 5.43 Å². The van der Waals surface area contributed by atoms with Crippen LogP contribution >= 0.6 is 0 Å². The van der Waals surface area contributed by atoms with Crippen LogP contribution in [0.25, 0.3) is 0 Å². The predicted octanol–water partition coefficient (Wildman–Crippen LogP) is 2.11. The minimum Gasteiger partial charge on any atom is -0.504 e. The molecule has 0 bridgehead atoms. The molecule has 0 spiro atoms. The van der Waals surface area contributed by atoms with Crippen LogP contribution in [0.3, 0.4) is 0 Å². The summed E-state index contributed by atoms with van der Waals surface area (Å²) in [5, 5.41) is 9.47. The quantitative estimate of drug-likeness (QED) is 0.680. The molecule has 0 heterocycles. The molecule has 0 saturated carbocycles. The van der Waals surface area contributed by atoms with E-state index in [0.29, 0.717) is 5.92 Å². The zero-order valence-electron chi connectivity index (χ0n) is 8.50. The third kappa shape index (κ3) is 1.31. The topological polar surface area (TPSA) is 37.3 Å². The van der Waals surface area contributed by atoms with E-state index in [1.54, 1.807) is 6.07 Å². The molecule has 0 aliphatic heterocycles. The van der Waals surface area contributed by atoms with E-state index in [9.17, 15) is 9.90 Å². The molecule has 0 saturated heterocycles. The van der Waals surface area contributed by atoms with Gasteiger partial charge in [0, 0.05) is 0 Å². The lowest BCUT2D eigenvalue weighted by atomic mass is 10.0. The molecule has 1 atom stereocenters. The third-order valence-corrected chi connectivity index (χ3v) is 3.08. The molecular weight excluding hydrogens is 176 g/mol. The van der Waals surface area contributed by atoms with Gasteiger partial charge in [-0.25, -0.2) is 0 Å². The van der Waals surface area contributed by atoms with Gasteiger partial charge in [-0.05, 0) is 54.5 Å². The highest BCUT2D eigenvalue weighted by atomic mass is 16.3. The Bertz CT molecular complexity index is 435. The van der Waals surface area contributed by atoms with Gasteiger partial charge in [0.1, 0.15) is 0 Å². The molecule has 0 amide bonds. The van der Waals surface area contributed by atoms with Crippen molar-refractivity contribution in [1.29, 1.82) is 0 Å². The van der Waals surface area contributed by atoms with E-state index in [-0.39, 0.29) is 11.2 Å². The molecule has 14 heavy (non-hydrogen) atoms. The van der Waals surface area contributed by atoms with Crippen LogP contribution in [0.4, 0.5) is 0 Å². The van der Waals surface area contributed by atoms with Crippen molar-refractivity contribution < 1.29 is 5.11 Å². The van der Waals surface area contributed by atoms with Crippen LogP contribution in [0, 0.1) is 6.92 Å². The van der Waals surface area contributed by atoms with E-state index in [1.165, 1.54) is 11.6 Å².